The first-order chi connectivity index (χ1) is 12.1. The lowest BCUT2D eigenvalue weighted by Crippen LogP contribution is -2.37. The molecule has 146 valence electrons. The number of sulfonamides is 1. The summed E-state index contributed by atoms with van der Waals surface area (Å²) >= 11 is 0. The molecule has 1 heterocycles. The molecule has 1 saturated heterocycles. The fourth-order valence-electron chi connectivity index (χ4n) is 2.64. The molecule has 1 fully saturated rings. The maximum atomic E-state index is 12.4. The molecule has 3 N–H and O–H groups in total. The Morgan fingerprint density at radius 3 is 2.62 bits per heavy atom. The number of hydrogen-bond donors (Lipinski definition) is 3. The molecular weight excluding hydrogens is 382 g/mol. The minimum absolute atomic E-state index is 0.00880. The summed E-state index contributed by atoms with van der Waals surface area (Å²) in [6.07, 6.45) is 0.535. The van der Waals surface area contributed by atoms with Gasteiger partial charge in [0.15, 0.2) is 9.84 Å². The third kappa shape index (κ3) is 5.66. The van der Waals surface area contributed by atoms with E-state index in [1.165, 1.54) is 32.2 Å². The van der Waals surface area contributed by atoms with Crippen molar-refractivity contribution in [3.8, 4) is 5.75 Å². The molecule has 1 atom stereocenters. The van der Waals surface area contributed by atoms with Gasteiger partial charge in [0.2, 0.25) is 15.9 Å². The molecule has 11 heteroatoms. The van der Waals surface area contributed by atoms with Gasteiger partial charge in [0.1, 0.15) is 5.75 Å². The third-order valence-electron chi connectivity index (χ3n) is 3.87. The van der Waals surface area contributed by atoms with Crippen molar-refractivity contribution in [2.45, 2.75) is 24.3 Å². The van der Waals surface area contributed by atoms with Crippen LogP contribution in [0.5, 0.6) is 5.75 Å². The predicted molar refractivity (Wildman–Crippen MR) is 97.5 cm³/mol. The van der Waals surface area contributed by atoms with Crippen LogP contribution in [0.15, 0.2) is 23.1 Å². The predicted octanol–water partition coefficient (Wildman–Crippen LogP) is -0.291. The minimum Gasteiger partial charge on any atom is -0.495 e. The van der Waals surface area contributed by atoms with Crippen LogP contribution < -0.4 is 20.1 Å². The van der Waals surface area contributed by atoms with Crippen molar-refractivity contribution in [1.82, 2.24) is 10.0 Å². The van der Waals surface area contributed by atoms with Gasteiger partial charge in [-0.3, -0.25) is 4.79 Å². The van der Waals surface area contributed by atoms with Crippen molar-refractivity contribution in [3.05, 3.63) is 18.2 Å². The Hall–Kier alpha value is -1.69. The average Bonchev–Trinajstić information content (AvgIpc) is 2.90. The molecule has 0 aromatic heterocycles. The lowest BCUT2D eigenvalue weighted by molar-refractivity contribution is -0.114. The number of carbonyl (C=O) groups excluding carboxylic acids is 1. The molecule has 26 heavy (non-hydrogen) atoms. The van der Waals surface area contributed by atoms with Gasteiger partial charge in [-0.15, -0.1) is 0 Å². The maximum Gasteiger partial charge on any atom is 0.240 e. The molecule has 0 saturated carbocycles. The van der Waals surface area contributed by atoms with E-state index in [9.17, 15) is 21.6 Å². The third-order valence-corrected chi connectivity index (χ3v) is 7.10. The highest BCUT2D eigenvalue weighted by Gasteiger charge is 2.27. The number of nitrogens with one attached hydrogen (secondary N) is 3. The van der Waals surface area contributed by atoms with E-state index in [1.54, 1.807) is 0 Å². The second-order valence-electron chi connectivity index (χ2n) is 6.00. The smallest absolute Gasteiger partial charge is 0.240 e. The standard InChI is InChI=1S/C15H23N3O6S2/c1-11(19)18-14-9-13(3-4-15(14)24-2)26(22,23)17-7-6-16-12-5-8-25(20,21)10-12/h3-4,9,12,16-17H,5-8,10H2,1-2H3,(H,18,19)/t12-/m1/s1. The molecule has 1 aliphatic rings. The van der Waals surface area contributed by atoms with Crippen LogP contribution in [0, 0.1) is 0 Å². The van der Waals surface area contributed by atoms with E-state index in [1.807, 2.05) is 0 Å². The molecule has 2 rings (SSSR count). The molecular formula is C15H23N3O6S2. The van der Waals surface area contributed by atoms with Gasteiger partial charge in [0, 0.05) is 26.1 Å². The molecule has 0 aliphatic carbocycles. The van der Waals surface area contributed by atoms with Gasteiger partial charge in [0.05, 0.1) is 29.2 Å². The Labute approximate surface area is 153 Å². The van der Waals surface area contributed by atoms with Crippen LogP contribution >= 0.6 is 0 Å². The van der Waals surface area contributed by atoms with E-state index >= 15 is 0 Å². The first kappa shape index (κ1) is 20.6. The van der Waals surface area contributed by atoms with Crippen molar-refractivity contribution in [3.63, 3.8) is 0 Å². The molecule has 0 bridgehead atoms. The molecule has 1 aromatic rings. The van der Waals surface area contributed by atoms with Gasteiger partial charge >= 0.3 is 0 Å². The summed E-state index contributed by atoms with van der Waals surface area (Å²) < 4.78 is 55.1. The van der Waals surface area contributed by atoms with Crippen molar-refractivity contribution in [2.24, 2.45) is 0 Å². The number of hydrogen-bond acceptors (Lipinski definition) is 7. The number of sulfone groups is 1. The maximum absolute atomic E-state index is 12.4. The normalized spacial score (nSPS) is 19.2. The van der Waals surface area contributed by atoms with Crippen molar-refractivity contribution < 1.29 is 26.4 Å². The highest BCUT2D eigenvalue weighted by Crippen LogP contribution is 2.27. The fraction of sp³-hybridized carbons (Fsp3) is 0.533. The monoisotopic (exact) mass is 405 g/mol. The summed E-state index contributed by atoms with van der Waals surface area (Å²) in [6, 6.07) is 4.02. The highest BCUT2D eigenvalue weighted by molar-refractivity contribution is 7.91. The van der Waals surface area contributed by atoms with Crippen LogP contribution in [0.1, 0.15) is 13.3 Å². The fourth-order valence-corrected chi connectivity index (χ4v) is 5.41. The number of methoxy groups -OCH3 is 1. The highest BCUT2D eigenvalue weighted by atomic mass is 32.2. The zero-order valence-electron chi connectivity index (χ0n) is 14.6. The molecule has 1 aliphatic heterocycles. The number of benzene rings is 1. The van der Waals surface area contributed by atoms with Crippen LogP contribution in [0.25, 0.3) is 0 Å². The van der Waals surface area contributed by atoms with Crippen LogP contribution in [-0.2, 0) is 24.7 Å². The molecule has 1 aromatic carbocycles. The quantitative estimate of drug-likeness (QED) is 0.507. The second-order valence-corrected chi connectivity index (χ2v) is 9.99. The van der Waals surface area contributed by atoms with Gasteiger partial charge in [-0.1, -0.05) is 0 Å². The van der Waals surface area contributed by atoms with Gasteiger partial charge < -0.3 is 15.4 Å². The molecule has 0 unspecified atom stereocenters. The summed E-state index contributed by atoms with van der Waals surface area (Å²) in [5, 5.41) is 5.56. The first-order valence-electron chi connectivity index (χ1n) is 8.02. The Morgan fingerprint density at radius 2 is 2.04 bits per heavy atom. The van der Waals surface area contributed by atoms with Gasteiger partial charge in [-0.2, -0.15) is 0 Å². The number of carbonyl (C=O) groups is 1. The van der Waals surface area contributed by atoms with E-state index in [-0.39, 0.29) is 40.6 Å². The molecule has 9 nitrogen and oxygen atoms in total. The summed E-state index contributed by atoms with van der Waals surface area (Å²) in [5.41, 5.74) is 0.261. The van der Waals surface area contributed by atoms with Crippen LogP contribution in [0.3, 0.4) is 0 Å². The largest absolute Gasteiger partial charge is 0.495 e. The van der Waals surface area contributed by atoms with Gasteiger partial charge in [-0.25, -0.2) is 21.6 Å². The Balaban J connectivity index is 1.95. The van der Waals surface area contributed by atoms with Crippen LogP contribution in [0.2, 0.25) is 0 Å². The van der Waals surface area contributed by atoms with Crippen molar-refractivity contribution in [1.29, 1.82) is 0 Å². The lowest BCUT2D eigenvalue weighted by Gasteiger charge is -2.13. The second kappa shape index (κ2) is 8.33. The van der Waals surface area contributed by atoms with E-state index in [0.717, 1.165) is 0 Å². The average molecular weight is 405 g/mol. The zero-order valence-corrected chi connectivity index (χ0v) is 16.2. The summed E-state index contributed by atoms with van der Waals surface area (Å²) in [4.78, 5) is 11.2. The van der Waals surface area contributed by atoms with Gasteiger partial charge in [-0.05, 0) is 24.6 Å². The zero-order chi connectivity index (χ0) is 19.4. The Morgan fingerprint density at radius 1 is 1.31 bits per heavy atom. The summed E-state index contributed by atoms with van der Waals surface area (Å²) in [6.45, 7) is 1.74. The summed E-state index contributed by atoms with van der Waals surface area (Å²) in [7, 11) is -5.33. The van der Waals surface area contributed by atoms with E-state index in [2.05, 4.69) is 15.4 Å². The van der Waals surface area contributed by atoms with Crippen molar-refractivity contribution >= 4 is 31.5 Å². The lowest BCUT2D eigenvalue weighted by atomic mass is 10.3. The Kier molecular flexibility index (Phi) is 6.61. The molecule has 0 spiro atoms. The number of amides is 1. The SMILES string of the molecule is COc1ccc(S(=O)(=O)NCCN[C@@H]2CCS(=O)(=O)C2)cc1NC(C)=O. The van der Waals surface area contributed by atoms with Crippen molar-refractivity contribution in [2.75, 3.05) is 37.0 Å². The van der Waals surface area contributed by atoms with Crippen LogP contribution in [-0.4, -0.2) is 60.5 Å². The Bertz CT molecular complexity index is 867. The number of ether oxygens (including phenoxy) is 1. The minimum atomic E-state index is -3.78. The van der Waals surface area contributed by atoms with E-state index in [4.69, 9.17) is 4.74 Å². The molecule has 0 radical (unpaired) electrons. The van der Waals surface area contributed by atoms with Crippen LogP contribution in [0.4, 0.5) is 5.69 Å². The number of anilines is 1. The number of rotatable bonds is 8. The van der Waals surface area contributed by atoms with E-state index < -0.39 is 19.9 Å². The first-order valence-corrected chi connectivity index (χ1v) is 11.3. The van der Waals surface area contributed by atoms with E-state index in [0.29, 0.717) is 18.7 Å². The van der Waals surface area contributed by atoms with Gasteiger partial charge in [0.25, 0.3) is 0 Å². The topological polar surface area (TPSA) is 131 Å². The molecule has 1 amide bonds. The summed E-state index contributed by atoms with van der Waals surface area (Å²) in [5.74, 6) is 0.247.